The Hall–Kier alpha value is -2.49. The third kappa shape index (κ3) is 4.28. The summed E-state index contributed by atoms with van der Waals surface area (Å²) in [5, 5.41) is 12.6. The molecule has 0 saturated heterocycles. The van der Waals surface area contributed by atoms with Crippen molar-refractivity contribution < 1.29 is 27.9 Å². The smallest absolute Gasteiger partial charge is 0.434 e. The highest BCUT2D eigenvalue weighted by Gasteiger charge is 2.33. The van der Waals surface area contributed by atoms with Crippen molar-refractivity contribution in [2.24, 2.45) is 0 Å². The van der Waals surface area contributed by atoms with E-state index < -0.39 is 23.7 Å². The minimum absolute atomic E-state index is 0.00554. The van der Waals surface area contributed by atoms with Crippen molar-refractivity contribution in [3.63, 3.8) is 0 Å². The first-order chi connectivity index (χ1) is 11.2. The lowest BCUT2D eigenvalue weighted by Gasteiger charge is -2.06. The molecule has 0 fully saturated rings. The maximum atomic E-state index is 12.4. The lowest BCUT2D eigenvalue weighted by Crippen LogP contribution is -2.27. The summed E-state index contributed by atoms with van der Waals surface area (Å²) >= 11 is 0.868. The summed E-state index contributed by atoms with van der Waals surface area (Å²) in [5.41, 5.74) is -0.720. The molecule has 128 valence electrons. The van der Waals surface area contributed by atoms with Crippen LogP contribution in [0.1, 0.15) is 37.2 Å². The highest BCUT2D eigenvalue weighted by atomic mass is 32.1. The number of aromatic carboxylic acids is 1. The normalized spacial score (nSPS) is 11.3. The van der Waals surface area contributed by atoms with Crippen molar-refractivity contribution in [1.29, 1.82) is 0 Å². The molecule has 1 amide bonds. The maximum Gasteiger partial charge on any atom is 0.434 e. The molecular formula is C14H12F3N3O3S. The minimum Gasteiger partial charge on any atom is -0.478 e. The standard InChI is InChI=1S/C14H12F3N3O3S/c1-7-8(13(22)23)2-3-9(19-7)12(21)18-5-4-11-20-10(6-24-11)14(15,16)17/h2-3,6H,4-5H2,1H3,(H,18,21)(H,22,23). The van der Waals surface area contributed by atoms with Gasteiger partial charge in [-0.15, -0.1) is 11.3 Å². The van der Waals surface area contributed by atoms with E-state index in [0.717, 1.165) is 16.7 Å². The van der Waals surface area contributed by atoms with Crippen LogP contribution in [0.5, 0.6) is 0 Å². The number of rotatable bonds is 5. The van der Waals surface area contributed by atoms with E-state index in [1.807, 2.05) is 0 Å². The van der Waals surface area contributed by atoms with Crippen LogP contribution in [0.3, 0.4) is 0 Å². The Kier molecular flexibility index (Phi) is 5.17. The topological polar surface area (TPSA) is 92.2 Å². The van der Waals surface area contributed by atoms with E-state index >= 15 is 0 Å². The quantitative estimate of drug-likeness (QED) is 0.856. The van der Waals surface area contributed by atoms with Gasteiger partial charge in [-0.3, -0.25) is 4.79 Å². The largest absolute Gasteiger partial charge is 0.478 e. The number of halogens is 3. The molecule has 0 aliphatic carbocycles. The zero-order valence-electron chi connectivity index (χ0n) is 12.3. The monoisotopic (exact) mass is 359 g/mol. The van der Waals surface area contributed by atoms with E-state index in [2.05, 4.69) is 15.3 Å². The van der Waals surface area contributed by atoms with Crippen molar-refractivity contribution in [1.82, 2.24) is 15.3 Å². The number of nitrogens with one attached hydrogen (secondary N) is 1. The van der Waals surface area contributed by atoms with Crippen LogP contribution in [0.15, 0.2) is 17.5 Å². The van der Waals surface area contributed by atoms with Crippen molar-refractivity contribution in [3.8, 4) is 0 Å². The van der Waals surface area contributed by atoms with Crippen LogP contribution in [-0.2, 0) is 12.6 Å². The fourth-order valence-electron chi connectivity index (χ4n) is 1.84. The number of pyridine rings is 1. The van der Waals surface area contributed by atoms with Gasteiger partial charge in [0.05, 0.1) is 16.3 Å². The fourth-order valence-corrected chi connectivity index (χ4v) is 2.65. The van der Waals surface area contributed by atoms with Gasteiger partial charge in [-0.25, -0.2) is 14.8 Å². The second kappa shape index (κ2) is 6.95. The van der Waals surface area contributed by atoms with E-state index in [-0.39, 0.29) is 34.9 Å². The first-order valence-corrected chi connectivity index (χ1v) is 7.57. The Morgan fingerprint density at radius 3 is 2.54 bits per heavy atom. The molecule has 10 heteroatoms. The zero-order chi connectivity index (χ0) is 17.9. The highest BCUT2D eigenvalue weighted by Crippen LogP contribution is 2.29. The molecule has 0 aromatic carbocycles. The summed E-state index contributed by atoms with van der Waals surface area (Å²) in [5.74, 6) is -1.68. The maximum absolute atomic E-state index is 12.4. The van der Waals surface area contributed by atoms with Gasteiger partial charge in [0.15, 0.2) is 5.69 Å². The number of nitrogens with zero attached hydrogens (tertiary/aromatic N) is 2. The number of amides is 1. The molecule has 2 aromatic heterocycles. The Morgan fingerprint density at radius 2 is 2.00 bits per heavy atom. The van der Waals surface area contributed by atoms with E-state index in [4.69, 9.17) is 5.11 Å². The SMILES string of the molecule is Cc1nc(C(=O)NCCc2nc(C(F)(F)F)cs2)ccc1C(=O)O. The van der Waals surface area contributed by atoms with Crippen LogP contribution < -0.4 is 5.32 Å². The van der Waals surface area contributed by atoms with Crippen LogP contribution in [0.25, 0.3) is 0 Å². The third-order valence-corrected chi connectivity index (χ3v) is 3.92. The summed E-state index contributed by atoms with van der Waals surface area (Å²) in [6.07, 6.45) is -4.33. The third-order valence-electron chi connectivity index (χ3n) is 3.02. The van der Waals surface area contributed by atoms with Gasteiger partial charge in [-0.05, 0) is 19.1 Å². The van der Waals surface area contributed by atoms with Gasteiger partial charge in [0.2, 0.25) is 0 Å². The molecule has 0 atom stereocenters. The molecular weight excluding hydrogens is 347 g/mol. The van der Waals surface area contributed by atoms with Crippen molar-refractivity contribution in [3.05, 3.63) is 45.2 Å². The van der Waals surface area contributed by atoms with E-state index in [1.54, 1.807) is 0 Å². The number of carbonyl (C=O) groups is 2. The number of aryl methyl sites for hydroxylation is 1. The van der Waals surface area contributed by atoms with Crippen LogP contribution in [0, 0.1) is 6.92 Å². The molecule has 2 heterocycles. The average molecular weight is 359 g/mol. The first kappa shape index (κ1) is 17.9. The molecule has 0 spiro atoms. The average Bonchev–Trinajstić information content (AvgIpc) is 2.95. The van der Waals surface area contributed by atoms with Crippen LogP contribution in [0.2, 0.25) is 0 Å². The first-order valence-electron chi connectivity index (χ1n) is 6.69. The summed E-state index contributed by atoms with van der Waals surface area (Å²) < 4.78 is 37.3. The van der Waals surface area contributed by atoms with Gasteiger partial charge in [0, 0.05) is 18.3 Å². The Labute approximate surface area is 138 Å². The summed E-state index contributed by atoms with van der Waals surface area (Å²) in [6, 6.07) is 2.55. The van der Waals surface area contributed by atoms with Gasteiger partial charge in [-0.1, -0.05) is 0 Å². The number of carboxylic acid groups (broad SMARTS) is 1. The Bertz CT molecular complexity index is 774. The molecule has 2 rings (SSSR count). The Morgan fingerprint density at radius 1 is 1.29 bits per heavy atom. The fraction of sp³-hybridized carbons (Fsp3) is 0.286. The predicted molar refractivity (Wildman–Crippen MR) is 79.1 cm³/mol. The van der Waals surface area contributed by atoms with Crippen LogP contribution in [-0.4, -0.2) is 33.5 Å². The second-order valence-electron chi connectivity index (χ2n) is 4.76. The molecule has 2 aromatic rings. The van der Waals surface area contributed by atoms with Crippen LogP contribution >= 0.6 is 11.3 Å². The second-order valence-corrected chi connectivity index (χ2v) is 5.71. The van der Waals surface area contributed by atoms with Crippen molar-refractivity contribution in [2.45, 2.75) is 19.5 Å². The van der Waals surface area contributed by atoms with E-state index in [0.29, 0.717) is 0 Å². The molecule has 0 aliphatic heterocycles. The number of hydrogen-bond acceptors (Lipinski definition) is 5. The van der Waals surface area contributed by atoms with Gasteiger partial charge in [-0.2, -0.15) is 13.2 Å². The number of alkyl halides is 3. The number of carbonyl (C=O) groups excluding carboxylic acids is 1. The molecule has 24 heavy (non-hydrogen) atoms. The number of hydrogen-bond donors (Lipinski definition) is 2. The summed E-state index contributed by atoms with van der Waals surface area (Å²) in [4.78, 5) is 30.2. The van der Waals surface area contributed by atoms with E-state index in [9.17, 15) is 22.8 Å². The summed E-state index contributed by atoms with van der Waals surface area (Å²) in [6.45, 7) is 1.56. The molecule has 0 saturated carbocycles. The van der Waals surface area contributed by atoms with E-state index in [1.165, 1.54) is 19.1 Å². The lowest BCUT2D eigenvalue weighted by molar-refractivity contribution is -0.140. The van der Waals surface area contributed by atoms with Gasteiger partial charge in [0.1, 0.15) is 5.69 Å². The minimum atomic E-state index is -4.48. The number of aromatic nitrogens is 2. The number of carboxylic acids is 1. The van der Waals surface area contributed by atoms with Crippen molar-refractivity contribution in [2.75, 3.05) is 6.54 Å². The molecule has 0 radical (unpaired) electrons. The van der Waals surface area contributed by atoms with Crippen LogP contribution in [0.4, 0.5) is 13.2 Å². The lowest BCUT2D eigenvalue weighted by atomic mass is 10.2. The molecule has 2 N–H and O–H groups in total. The molecule has 0 aliphatic rings. The molecule has 0 bridgehead atoms. The summed E-state index contributed by atoms with van der Waals surface area (Å²) in [7, 11) is 0. The van der Waals surface area contributed by atoms with Gasteiger partial charge in [0.25, 0.3) is 5.91 Å². The predicted octanol–water partition coefficient (Wildman–Crippen LogP) is 2.54. The van der Waals surface area contributed by atoms with Crippen molar-refractivity contribution >= 4 is 23.2 Å². The molecule has 0 unspecified atom stereocenters. The Balaban J connectivity index is 1.93. The number of thiazole rings is 1. The highest BCUT2D eigenvalue weighted by molar-refractivity contribution is 7.09. The van der Waals surface area contributed by atoms with Gasteiger partial charge >= 0.3 is 12.1 Å². The van der Waals surface area contributed by atoms with Gasteiger partial charge < -0.3 is 10.4 Å². The molecule has 6 nitrogen and oxygen atoms in total. The zero-order valence-corrected chi connectivity index (χ0v) is 13.2.